The molecule has 0 bridgehead atoms. The lowest BCUT2D eigenvalue weighted by Crippen LogP contribution is -2.67. The Morgan fingerprint density at radius 3 is 2.71 bits per heavy atom. The summed E-state index contributed by atoms with van der Waals surface area (Å²) in [6.07, 6.45) is 5.33. The van der Waals surface area contributed by atoms with Crippen LogP contribution in [0.25, 0.3) is 10.2 Å². The first kappa shape index (κ1) is 21.6. The fourth-order valence-electron chi connectivity index (χ4n) is 5.96. The van der Waals surface area contributed by atoms with E-state index >= 15 is 0 Å². The zero-order valence-corrected chi connectivity index (χ0v) is 20.2. The highest BCUT2D eigenvalue weighted by atomic mass is 32.1. The van der Waals surface area contributed by atoms with E-state index in [0.717, 1.165) is 43.2 Å². The van der Waals surface area contributed by atoms with Crippen LogP contribution in [0.1, 0.15) is 38.5 Å². The SMILES string of the molecule is CCc1cc2c(N3CCC4(C3)CN([C@@H](CC(C)C)C3CN(B(C)O)C3)C4)ncnc2s1. The number of hydrogen-bond donors (Lipinski definition) is 1. The molecule has 0 aromatic carbocycles. The molecule has 0 saturated carbocycles. The van der Waals surface area contributed by atoms with Gasteiger partial charge >= 0.3 is 7.05 Å². The van der Waals surface area contributed by atoms with Gasteiger partial charge in [0.05, 0.1) is 5.39 Å². The van der Waals surface area contributed by atoms with Crippen LogP contribution in [0.4, 0.5) is 5.82 Å². The van der Waals surface area contributed by atoms with Crippen LogP contribution in [0.2, 0.25) is 6.82 Å². The normalized spacial score (nSPS) is 23.0. The van der Waals surface area contributed by atoms with E-state index in [4.69, 9.17) is 4.98 Å². The minimum absolute atomic E-state index is 0.308. The number of aromatic nitrogens is 2. The second kappa shape index (κ2) is 8.29. The van der Waals surface area contributed by atoms with Crippen molar-refractivity contribution in [2.75, 3.05) is 44.2 Å². The minimum atomic E-state index is -0.308. The first-order chi connectivity index (χ1) is 14.9. The van der Waals surface area contributed by atoms with E-state index in [1.807, 2.05) is 6.82 Å². The van der Waals surface area contributed by atoms with Crippen LogP contribution in [0.5, 0.6) is 0 Å². The van der Waals surface area contributed by atoms with Crippen LogP contribution < -0.4 is 4.90 Å². The molecule has 1 spiro atoms. The summed E-state index contributed by atoms with van der Waals surface area (Å²) < 4.78 is 0. The number of likely N-dealkylation sites (tertiary alicyclic amines) is 1. The van der Waals surface area contributed by atoms with Gasteiger partial charge in [0.1, 0.15) is 17.0 Å². The monoisotopic (exact) mass is 441 g/mol. The Morgan fingerprint density at radius 2 is 2.03 bits per heavy atom. The van der Waals surface area contributed by atoms with Gasteiger partial charge in [-0.25, -0.2) is 9.97 Å². The lowest BCUT2D eigenvalue weighted by Gasteiger charge is -2.57. The van der Waals surface area contributed by atoms with E-state index in [2.05, 4.69) is 46.4 Å². The van der Waals surface area contributed by atoms with Crippen molar-refractivity contribution in [3.8, 4) is 0 Å². The Bertz CT molecular complexity index is 922. The molecule has 8 heteroatoms. The van der Waals surface area contributed by atoms with E-state index in [-0.39, 0.29) is 7.05 Å². The summed E-state index contributed by atoms with van der Waals surface area (Å²) in [7, 11) is -0.308. The molecular formula is C23H36BN5OS. The summed E-state index contributed by atoms with van der Waals surface area (Å²) >= 11 is 1.81. The van der Waals surface area contributed by atoms with Crippen molar-refractivity contribution in [1.82, 2.24) is 19.7 Å². The zero-order chi connectivity index (χ0) is 21.8. The van der Waals surface area contributed by atoms with E-state index in [1.165, 1.54) is 36.2 Å². The van der Waals surface area contributed by atoms with Crippen molar-refractivity contribution in [1.29, 1.82) is 0 Å². The van der Waals surface area contributed by atoms with Gasteiger partial charge in [-0.2, -0.15) is 0 Å². The Balaban J connectivity index is 1.25. The molecule has 5 rings (SSSR count). The minimum Gasteiger partial charge on any atom is -0.437 e. The molecule has 0 aliphatic carbocycles. The third-order valence-corrected chi connectivity index (χ3v) is 8.90. The van der Waals surface area contributed by atoms with Crippen molar-refractivity contribution in [3.05, 3.63) is 17.3 Å². The van der Waals surface area contributed by atoms with E-state index in [0.29, 0.717) is 23.3 Å². The highest BCUT2D eigenvalue weighted by Crippen LogP contribution is 2.45. The predicted octanol–water partition coefficient (Wildman–Crippen LogP) is 3.22. The van der Waals surface area contributed by atoms with Crippen molar-refractivity contribution < 1.29 is 5.02 Å². The number of thiophene rings is 1. The maximum Gasteiger partial charge on any atom is 0.376 e. The smallest absolute Gasteiger partial charge is 0.376 e. The molecule has 31 heavy (non-hydrogen) atoms. The fourth-order valence-corrected chi connectivity index (χ4v) is 6.89. The van der Waals surface area contributed by atoms with Gasteiger partial charge in [-0.05, 0) is 57.1 Å². The highest BCUT2D eigenvalue weighted by Gasteiger charge is 2.52. The number of rotatable bonds is 7. The summed E-state index contributed by atoms with van der Waals surface area (Å²) in [5.41, 5.74) is 0.420. The number of anilines is 1. The van der Waals surface area contributed by atoms with Crippen LogP contribution >= 0.6 is 11.3 Å². The van der Waals surface area contributed by atoms with Crippen molar-refractivity contribution >= 4 is 34.4 Å². The molecule has 3 aliphatic heterocycles. The van der Waals surface area contributed by atoms with Crippen LogP contribution in [0, 0.1) is 17.3 Å². The van der Waals surface area contributed by atoms with E-state index < -0.39 is 0 Å². The van der Waals surface area contributed by atoms with E-state index in [9.17, 15) is 5.02 Å². The summed E-state index contributed by atoms with van der Waals surface area (Å²) in [4.78, 5) is 19.2. The van der Waals surface area contributed by atoms with Gasteiger partial charge < -0.3 is 14.7 Å². The Hall–Kier alpha value is -1.22. The fraction of sp³-hybridized carbons (Fsp3) is 0.739. The second-order valence-electron chi connectivity index (χ2n) is 10.6. The lowest BCUT2D eigenvalue weighted by atomic mass is 9.71. The summed E-state index contributed by atoms with van der Waals surface area (Å²) in [6.45, 7) is 15.5. The molecule has 3 saturated heterocycles. The van der Waals surface area contributed by atoms with Gasteiger partial charge in [-0.1, -0.05) is 20.8 Å². The maximum atomic E-state index is 9.86. The number of hydrogen-bond acceptors (Lipinski definition) is 7. The first-order valence-corrected chi connectivity index (χ1v) is 12.8. The first-order valence-electron chi connectivity index (χ1n) is 12.0. The molecule has 1 atom stereocenters. The molecule has 0 amide bonds. The second-order valence-corrected chi connectivity index (χ2v) is 11.7. The third-order valence-electron chi connectivity index (χ3n) is 7.72. The van der Waals surface area contributed by atoms with E-state index in [1.54, 1.807) is 17.7 Å². The van der Waals surface area contributed by atoms with Gasteiger partial charge in [0.15, 0.2) is 0 Å². The summed E-state index contributed by atoms with van der Waals surface area (Å²) in [5, 5.41) is 11.1. The Kier molecular flexibility index (Phi) is 5.78. The summed E-state index contributed by atoms with van der Waals surface area (Å²) in [5.74, 6) is 2.55. The van der Waals surface area contributed by atoms with Gasteiger partial charge in [0.25, 0.3) is 0 Å². The average Bonchev–Trinajstić information content (AvgIpc) is 3.28. The molecule has 1 N–H and O–H groups in total. The summed E-state index contributed by atoms with van der Waals surface area (Å²) in [6, 6.07) is 2.96. The van der Waals surface area contributed by atoms with Gasteiger partial charge in [0.2, 0.25) is 0 Å². The number of nitrogens with zero attached hydrogens (tertiary/aromatic N) is 5. The van der Waals surface area contributed by atoms with Gasteiger partial charge in [0, 0.05) is 42.5 Å². The molecule has 5 heterocycles. The average molecular weight is 441 g/mol. The number of aryl methyl sites for hydroxylation is 1. The van der Waals surface area contributed by atoms with Crippen LogP contribution in [-0.4, -0.2) is 77.1 Å². The molecule has 0 radical (unpaired) electrons. The van der Waals surface area contributed by atoms with Gasteiger partial charge in [-0.3, -0.25) is 4.90 Å². The molecule has 2 aromatic rings. The molecule has 6 nitrogen and oxygen atoms in total. The van der Waals surface area contributed by atoms with Crippen LogP contribution in [0.3, 0.4) is 0 Å². The Labute approximate surface area is 190 Å². The largest absolute Gasteiger partial charge is 0.437 e. The molecular weight excluding hydrogens is 405 g/mol. The predicted molar refractivity (Wildman–Crippen MR) is 130 cm³/mol. The standard InChI is InChI=1S/C23H36BN5OS/c1-5-18-9-19-21(25-15-26-22(19)31-18)27-7-6-23(12-27)13-28(14-23)20(8-16(2)3)17-10-29(11-17)24(4)30/h9,15-17,20,30H,5-8,10-14H2,1-4H3/t20-/m0/s1. The molecule has 3 aliphatic rings. The molecule has 2 aromatic heterocycles. The molecule has 3 fully saturated rings. The zero-order valence-electron chi connectivity index (χ0n) is 19.4. The van der Waals surface area contributed by atoms with Crippen molar-refractivity contribution in [3.63, 3.8) is 0 Å². The van der Waals surface area contributed by atoms with Crippen LogP contribution in [0.15, 0.2) is 12.4 Å². The van der Waals surface area contributed by atoms with Crippen LogP contribution in [-0.2, 0) is 6.42 Å². The molecule has 168 valence electrons. The number of fused-ring (bicyclic) bond motifs is 1. The van der Waals surface area contributed by atoms with Crippen molar-refractivity contribution in [2.45, 2.75) is 52.9 Å². The Morgan fingerprint density at radius 1 is 1.26 bits per heavy atom. The quantitative estimate of drug-likeness (QED) is 0.666. The lowest BCUT2D eigenvalue weighted by molar-refractivity contribution is -0.0624. The van der Waals surface area contributed by atoms with Gasteiger partial charge in [-0.15, -0.1) is 11.3 Å². The third kappa shape index (κ3) is 4.01. The molecule has 0 unspecified atom stereocenters. The van der Waals surface area contributed by atoms with Crippen molar-refractivity contribution in [2.24, 2.45) is 17.3 Å². The highest BCUT2D eigenvalue weighted by molar-refractivity contribution is 7.18. The topological polar surface area (TPSA) is 55.7 Å². The maximum absolute atomic E-state index is 9.86.